The summed E-state index contributed by atoms with van der Waals surface area (Å²) in [4.78, 5) is 52.6. The SMILES string of the molecule is COc1c(-c2ccc3cc(O)ccc3c2)cc(-n2ccc(=O)[nH]c2=O)cc1C(C)(C)C.COc1c(-c2ccc3cc(OS(=O)(=O)C(F)(F)C(F)(F)F)ccc3c2)cc(-n2ccc(=O)[nH]c2=O)cc1C(C)(C)C.O=S(=O)(F)C(F)(F)C(F)(F)F. The first-order valence-electron chi connectivity index (χ1n) is 23.7. The molecule has 0 fully saturated rings. The minimum absolute atomic E-state index is 0.215. The van der Waals surface area contributed by atoms with Gasteiger partial charge in [0.25, 0.3) is 11.1 Å². The Balaban J connectivity index is 0.000000231. The van der Waals surface area contributed by atoms with Gasteiger partial charge in [0.05, 0.1) is 25.6 Å². The first-order chi connectivity index (χ1) is 38.0. The van der Waals surface area contributed by atoms with E-state index < -0.39 is 76.9 Å². The van der Waals surface area contributed by atoms with E-state index in [9.17, 15) is 80.5 Å². The van der Waals surface area contributed by atoms with Gasteiger partial charge < -0.3 is 18.8 Å². The Morgan fingerprint density at radius 3 is 1.20 bits per heavy atom. The normalized spacial score (nSPS) is 12.7. The van der Waals surface area contributed by atoms with E-state index in [1.807, 2.05) is 57.2 Å². The molecular weight excluding hydrogens is 1170 g/mol. The number of aromatic amines is 2. The Morgan fingerprint density at radius 1 is 0.482 bits per heavy atom. The van der Waals surface area contributed by atoms with Crippen LogP contribution in [0.4, 0.5) is 47.8 Å². The lowest BCUT2D eigenvalue weighted by molar-refractivity contribution is -0.243. The predicted molar refractivity (Wildman–Crippen MR) is 285 cm³/mol. The molecule has 83 heavy (non-hydrogen) atoms. The molecule has 29 heteroatoms. The highest BCUT2D eigenvalue weighted by atomic mass is 32.3. The molecule has 6 aromatic carbocycles. The number of halogens is 11. The van der Waals surface area contributed by atoms with Crippen LogP contribution in [0.2, 0.25) is 0 Å². The van der Waals surface area contributed by atoms with Crippen molar-refractivity contribution >= 4 is 41.9 Å². The van der Waals surface area contributed by atoms with E-state index >= 15 is 0 Å². The number of nitrogens with one attached hydrogen (secondary N) is 2. The molecular formula is C54H47F11N4O12S2. The van der Waals surface area contributed by atoms with Crippen LogP contribution in [-0.4, -0.2) is 78.1 Å². The van der Waals surface area contributed by atoms with Crippen LogP contribution in [0.5, 0.6) is 23.0 Å². The van der Waals surface area contributed by atoms with Gasteiger partial charge >= 0.3 is 54.6 Å². The van der Waals surface area contributed by atoms with Gasteiger partial charge in [0.1, 0.15) is 23.0 Å². The number of benzene rings is 6. The van der Waals surface area contributed by atoms with Crippen molar-refractivity contribution in [2.45, 2.75) is 75.2 Å². The standard InChI is InChI=1S/C27H23F5N2O6S.C25H24N2O4.C2F6O2S/c1-25(2,3)21-14-18(34-10-9-22(35)33-24(34)36)13-20(23(21)39-4)17-6-5-16-12-19(8-7-15(16)11-17)40-41(37,38)27(31,32)26(28,29)30;1-25(2,3)21-14-18(27-10-9-22(29)26-24(27)30)13-20(23(21)31-4)17-6-5-16-12-19(28)8-7-15(16)11-17;3-1(4,5)2(6,7)11(8,9)10/h5-14H,1-4H3,(H,33,35,36);5-14,28H,1-4H3,(H,26,29,30);. The Morgan fingerprint density at radius 2 is 0.855 bits per heavy atom. The van der Waals surface area contributed by atoms with Crippen molar-refractivity contribution < 1.29 is 83.4 Å². The van der Waals surface area contributed by atoms with Crippen LogP contribution in [0.15, 0.2) is 141 Å². The summed E-state index contributed by atoms with van der Waals surface area (Å²) in [5.74, 6) is 0.693. The van der Waals surface area contributed by atoms with Gasteiger partial charge in [0.15, 0.2) is 0 Å². The summed E-state index contributed by atoms with van der Waals surface area (Å²) in [6.45, 7) is 12.1. The summed E-state index contributed by atoms with van der Waals surface area (Å²) >= 11 is 0. The average molecular weight is 1220 g/mol. The molecule has 2 heterocycles. The number of phenols is 1. The van der Waals surface area contributed by atoms with Crippen LogP contribution in [0.3, 0.4) is 0 Å². The quantitative estimate of drug-likeness (QED) is 0.0660. The van der Waals surface area contributed by atoms with E-state index in [1.165, 1.54) is 52.9 Å². The molecule has 0 spiro atoms. The summed E-state index contributed by atoms with van der Waals surface area (Å²) in [5.41, 5.74) is 2.69. The van der Waals surface area contributed by atoms with Gasteiger partial charge in [-0.15, -0.1) is 0 Å². The number of H-pyrrole nitrogens is 2. The maximum absolute atomic E-state index is 13.4. The van der Waals surface area contributed by atoms with Gasteiger partial charge in [-0.3, -0.25) is 28.7 Å². The fraction of sp³-hybridized carbons (Fsp3) is 0.259. The number of hydrogen-bond acceptors (Lipinski definition) is 12. The van der Waals surface area contributed by atoms with Crippen LogP contribution in [0, 0.1) is 0 Å². The smallest absolute Gasteiger partial charge is 0.475 e. The Labute approximate surface area is 463 Å². The second-order valence-corrected chi connectivity index (χ2v) is 23.1. The molecule has 0 aliphatic heterocycles. The molecule has 0 bridgehead atoms. The molecule has 8 rings (SSSR count). The maximum atomic E-state index is 13.4. The lowest BCUT2D eigenvalue weighted by atomic mass is 9.83. The zero-order valence-electron chi connectivity index (χ0n) is 44.4. The third-order valence-electron chi connectivity index (χ3n) is 12.1. The van der Waals surface area contributed by atoms with E-state index in [4.69, 9.17) is 17.9 Å². The average Bonchev–Trinajstić information content (AvgIpc) is 3.52. The van der Waals surface area contributed by atoms with E-state index in [-0.39, 0.29) is 16.6 Å². The number of phenolic OH excluding ortho intramolecular Hbond substituents is 1. The number of nitrogens with zero attached hydrogens (tertiary/aromatic N) is 2. The molecule has 8 aromatic rings. The molecule has 0 aliphatic rings. The lowest BCUT2D eigenvalue weighted by Crippen LogP contribution is -2.46. The van der Waals surface area contributed by atoms with Gasteiger partial charge in [0.2, 0.25) is 0 Å². The van der Waals surface area contributed by atoms with E-state index in [1.54, 1.807) is 43.5 Å². The highest BCUT2D eigenvalue weighted by molar-refractivity contribution is 7.88. The molecule has 444 valence electrons. The first kappa shape index (κ1) is 63.7. The number of methoxy groups -OCH3 is 2. The fourth-order valence-corrected chi connectivity index (χ4v) is 9.05. The zero-order chi connectivity index (χ0) is 62.4. The molecule has 0 atom stereocenters. The summed E-state index contributed by atoms with van der Waals surface area (Å²) in [5, 5.41) is -0.0436. The minimum Gasteiger partial charge on any atom is -0.508 e. The topological polar surface area (TPSA) is 226 Å². The largest absolute Gasteiger partial charge is 0.508 e. The van der Waals surface area contributed by atoms with Crippen molar-refractivity contribution in [2.75, 3.05) is 14.2 Å². The number of alkyl halides is 10. The Kier molecular flexibility index (Phi) is 17.4. The lowest BCUT2D eigenvalue weighted by Gasteiger charge is -2.25. The fourth-order valence-electron chi connectivity index (χ4n) is 8.03. The molecule has 0 aliphatic carbocycles. The number of fused-ring (bicyclic) bond motifs is 2. The van der Waals surface area contributed by atoms with Gasteiger partial charge in [-0.1, -0.05) is 81.8 Å². The summed E-state index contributed by atoms with van der Waals surface area (Å²) < 4.78 is 191. The monoisotopic (exact) mass is 1220 g/mol. The van der Waals surface area contributed by atoms with Gasteiger partial charge in [-0.05, 0) is 104 Å². The summed E-state index contributed by atoms with van der Waals surface area (Å²) in [6, 6.07) is 28.9. The molecule has 3 N–H and O–H groups in total. The highest BCUT2D eigenvalue weighted by Gasteiger charge is 2.69. The number of hydrogen-bond donors (Lipinski definition) is 3. The highest BCUT2D eigenvalue weighted by Crippen LogP contribution is 2.45. The van der Waals surface area contributed by atoms with Gasteiger partial charge in [-0.2, -0.15) is 60.7 Å². The predicted octanol–water partition coefficient (Wildman–Crippen LogP) is 11.3. The number of rotatable bonds is 10. The molecule has 2 aromatic heterocycles. The van der Waals surface area contributed by atoms with Crippen LogP contribution < -0.4 is 36.2 Å². The van der Waals surface area contributed by atoms with Crippen molar-refractivity contribution in [1.29, 1.82) is 0 Å². The zero-order valence-corrected chi connectivity index (χ0v) is 46.0. The van der Waals surface area contributed by atoms with Crippen molar-refractivity contribution in [2.24, 2.45) is 0 Å². The summed E-state index contributed by atoms with van der Waals surface area (Å²) in [7, 11) is -10.2. The van der Waals surface area contributed by atoms with Gasteiger partial charge in [-0.25, -0.2) is 9.59 Å². The van der Waals surface area contributed by atoms with Crippen LogP contribution in [0.1, 0.15) is 52.7 Å². The van der Waals surface area contributed by atoms with E-state index in [0.717, 1.165) is 50.9 Å². The number of ether oxygens (including phenoxy) is 2. The van der Waals surface area contributed by atoms with Crippen molar-refractivity contribution in [3.8, 4) is 56.6 Å². The second kappa shape index (κ2) is 22.7. The third-order valence-corrected chi connectivity index (χ3v) is 14.2. The van der Waals surface area contributed by atoms with Crippen molar-refractivity contribution in [1.82, 2.24) is 19.1 Å². The molecule has 0 saturated heterocycles. The molecule has 0 unspecified atom stereocenters. The summed E-state index contributed by atoms with van der Waals surface area (Å²) in [6.07, 6.45) is -9.97. The molecule has 16 nitrogen and oxygen atoms in total. The molecule has 0 radical (unpaired) electrons. The minimum atomic E-state index is -6.92. The molecule has 0 saturated carbocycles. The number of aromatic hydroxyl groups is 1. The van der Waals surface area contributed by atoms with Crippen molar-refractivity contribution in [3.63, 3.8) is 0 Å². The Bertz CT molecular complexity index is 4280. The Hall–Kier alpha value is -8.47. The second-order valence-electron chi connectivity index (χ2n) is 20.1. The van der Waals surface area contributed by atoms with Crippen LogP contribution in [-0.2, 0) is 31.2 Å². The van der Waals surface area contributed by atoms with Crippen LogP contribution >= 0.6 is 0 Å². The van der Waals surface area contributed by atoms with Gasteiger partial charge in [0, 0.05) is 46.8 Å². The maximum Gasteiger partial charge on any atom is 0.475 e. The van der Waals surface area contributed by atoms with Crippen molar-refractivity contribution in [3.05, 3.63) is 174 Å². The first-order valence-corrected chi connectivity index (χ1v) is 26.5. The molecule has 0 amide bonds. The third kappa shape index (κ3) is 13.6. The van der Waals surface area contributed by atoms with E-state index in [0.29, 0.717) is 33.6 Å². The van der Waals surface area contributed by atoms with E-state index in [2.05, 4.69) is 34.9 Å². The van der Waals surface area contributed by atoms with Crippen LogP contribution in [0.25, 0.3) is 55.2 Å². The number of aromatic nitrogens is 4.